The van der Waals surface area contributed by atoms with Gasteiger partial charge in [-0.25, -0.2) is 0 Å². The summed E-state index contributed by atoms with van der Waals surface area (Å²) in [4.78, 5) is 17.9. The smallest absolute Gasteiger partial charge is 0.254 e. The van der Waals surface area contributed by atoms with Crippen molar-refractivity contribution in [3.63, 3.8) is 0 Å². The van der Waals surface area contributed by atoms with Crippen molar-refractivity contribution in [2.45, 2.75) is 64.0 Å². The van der Waals surface area contributed by atoms with Crippen molar-refractivity contribution in [1.82, 2.24) is 14.9 Å². The molecule has 2 aliphatic heterocycles. The molecule has 0 bridgehead atoms. The van der Waals surface area contributed by atoms with Crippen molar-refractivity contribution in [1.29, 1.82) is 0 Å². The Morgan fingerprint density at radius 3 is 1.79 bits per heavy atom. The molecule has 0 fully saturated rings. The third-order valence-electron chi connectivity index (χ3n) is 12.3. The second kappa shape index (κ2) is 12.6. The highest BCUT2D eigenvalue weighted by molar-refractivity contribution is 6.14. The van der Waals surface area contributed by atoms with Gasteiger partial charge < -0.3 is 14.9 Å². The Bertz CT molecular complexity index is 2840. The zero-order chi connectivity index (χ0) is 39.3. The van der Waals surface area contributed by atoms with E-state index in [4.69, 9.17) is 0 Å². The van der Waals surface area contributed by atoms with E-state index in [-0.39, 0.29) is 22.7 Å². The normalized spacial score (nSPS) is 16.4. The van der Waals surface area contributed by atoms with Gasteiger partial charge in [-0.05, 0) is 62.9 Å². The third-order valence-corrected chi connectivity index (χ3v) is 12.3. The van der Waals surface area contributed by atoms with Crippen LogP contribution < -0.4 is 5.32 Å². The largest absolute Gasteiger partial charge is 0.357 e. The van der Waals surface area contributed by atoms with Crippen LogP contribution in [0.25, 0.3) is 38.5 Å². The molecule has 10 rings (SSSR count). The molecule has 1 amide bonds. The number of carbonyl (C=O) groups excluding carboxylic acids is 1. The molecule has 2 aliphatic rings. The first-order valence-corrected chi connectivity index (χ1v) is 20.1. The summed E-state index contributed by atoms with van der Waals surface area (Å²) in [6.45, 7) is 13.6. The van der Waals surface area contributed by atoms with Gasteiger partial charge in [0, 0.05) is 55.7 Å². The Kier molecular flexibility index (Phi) is 7.72. The van der Waals surface area contributed by atoms with E-state index in [2.05, 4.69) is 196 Å². The van der Waals surface area contributed by atoms with E-state index in [0.717, 1.165) is 50.1 Å². The van der Waals surface area contributed by atoms with E-state index in [0.29, 0.717) is 5.56 Å². The molecular formula is C53H47N3O. The van der Waals surface area contributed by atoms with E-state index in [1.807, 2.05) is 18.2 Å². The number of nitrogens with one attached hydrogen (secondary N) is 2. The minimum Gasteiger partial charge on any atom is -0.357 e. The van der Waals surface area contributed by atoms with E-state index >= 15 is 0 Å². The number of para-hydroxylation sites is 2. The van der Waals surface area contributed by atoms with Crippen LogP contribution in [-0.2, 0) is 16.5 Å². The number of H-pyrrole nitrogens is 1. The van der Waals surface area contributed by atoms with Crippen LogP contribution in [0.1, 0.15) is 103 Å². The van der Waals surface area contributed by atoms with Crippen molar-refractivity contribution in [3.05, 3.63) is 208 Å². The first-order valence-electron chi connectivity index (χ1n) is 20.1. The van der Waals surface area contributed by atoms with Gasteiger partial charge in [-0.1, -0.05) is 175 Å². The minimum absolute atomic E-state index is 0.0328. The highest BCUT2D eigenvalue weighted by atomic mass is 16.2. The lowest BCUT2D eigenvalue weighted by Crippen LogP contribution is -2.42. The number of benzene rings is 6. The van der Waals surface area contributed by atoms with Crippen LogP contribution in [0.2, 0.25) is 0 Å². The van der Waals surface area contributed by atoms with Crippen LogP contribution in [0, 0.1) is 0 Å². The van der Waals surface area contributed by atoms with Crippen LogP contribution in [0.5, 0.6) is 0 Å². The highest BCUT2D eigenvalue weighted by Crippen LogP contribution is 2.54. The average molecular weight is 742 g/mol. The number of hydrogen-bond donors (Lipinski definition) is 2. The van der Waals surface area contributed by atoms with E-state index in [1.54, 1.807) is 0 Å². The maximum Gasteiger partial charge on any atom is 0.254 e. The summed E-state index contributed by atoms with van der Waals surface area (Å²) in [6.07, 6.45) is 2.29. The quantitative estimate of drug-likeness (QED) is 0.181. The molecule has 280 valence electrons. The molecule has 6 aromatic carbocycles. The Morgan fingerprint density at radius 1 is 0.579 bits per heavy atom. The number of rotatable bonds is 5. The maximum absolute atomic E-state index is 13.9. The molecular weight excluding hydrogens is 695 g/mol. The third kappa shape index (κ3) is 5.38. The number of hydrogen-bond acceptors (Lipinski definition) is 1. The molecule has 4 nitrogen and oxygen atoms in total. The van der Waals surface area contributed by atoms with Gasteiger partial charge in [-0.3, -0.25) is 4.79 Å². The highest BCUT2D eigenvalue weighted by Gasteiger charge is 2.50. The molecule has 2 aromatic heterocycles. The first kappa shape index (κ1) is 35.1. The van der Waals surface area contributed by atoms with Gasteiger partial charge in [0.1, 0.15) is 0 Å². The second-order valence-electron chi connectivity index (χ2n) is 17.9. The van der Waals surface area contributed by atoms with Crippen LogP contribution in [0.3, 0.4) is 0 Å². The number of aromatic amines is 1. The summed E-state index contributed by atoms with van der Waals surface area (Å²) in [6, 6.07) is 54.7. The minimum atomic E-state index is -0.900. The fourth-order valence-corrected chi connectivity index (χ4v) is 9.43. The number of carbonyl (C=O) groups is 1. The van der Waals surface area contributed by atoms with Crippen molar-refractivity contribution in [3.8, 4) is 11.1 Å². The summed E-state index contributed by atoms with van der Waals surface area (Å²) < 4.78 is 2.40. The van der Waals surface area contributed by atoms with E-state index in [9.17, 15) is 4.79 Å². The zero-order valence-electron chi connectivity index (χ0n) is 33.4. The molecule has 0 saturated carbocycles. The van der Waals surface area contributed by atoms with Gasteiger partial charge in [0.05, 0.1) is 11.2 Å². The lowest BCUT2D eigenvalue weighted by atomic mass is 9.80. The van der Waals surface area contributed by atoms with Gasteiger partial charge in [0.25, 0.3) is 5.91 Å². The molecule has 4 heteroatoms. The topological polar surface area (TPSA) is 49.8 Å². The first-order chi connectivity index (χ1) is 27.4. The van der Waals surface area contributed by atoms with Gasteiger partial charge in [-0.2, -0.15) is 0 Å². The van der Waals surface area contributed by atoms with Gasteiger partial charge in [0.15, 0.2) is 5.66 Å². The molecule has 0 saturated heterocycles. The Balaban J connectivity index is 1.32. The number of fused-ring (bicyclic) bond motifs is 7. The second-order valence-corrected chi connectivity index (χ2v) is 17.9. The monoisotopic (exact) mass is 741 g/mol. The lowest BCUT2D eigenvalue weighted by Gasteiger charge is -2.27. The Hall–Kier alpha value is -6.39. The van der Waals surface area contributed by atoms with E-state index in [1.165, 1.54) is 33.2 Å². The van der Waals surface area contributed by atoms with Crippen LogP contribution in [-0.4, -0.2) is 15.5 Å². The van der Waals surface area contributed by atoms with Crippen LogP contribution >= 0.6 is 0 Å². The van der Waals surface area contributed by atoms with Gasteiger partial charge >= 0.3 is 0 Å². The van der Waals surface area contributed by atoms with Crippen LogP contribution in [0.4, 0.5) is 0 Å². The molecule has 1 spiro atoms. The average Bonchev–Trinajstić information content (AvgIpc) is 3.93. The summed E-state index contributed by atoms with van der Waals surface area (Å²) in [5.41, 5.74) is 14.8. The van der Waals surface area contributed by atoms with Crippen molar-refractivity contribution < 1.29 is 4.79 Å². The summed E-state index contributed by atoms with van der Waals surface area (Å²) in [5, 5.41) is 5.81. The predicted molar refractivity (Wildman–Crippen MR) is 235 cm³/mol. The van der Waals surface area contributed by atoms with Gasteiger partial charge in [0.2, 0.25) is 0 Å². The van der Waals surface area contributed by atoms with E-state index < -0.39 is 5.66 Å². The molecule has 2 N–H and O–H groups in total. The summed E-state index contributed by atoms with van der Waals surface area (Å²) in [7, 11) is 0. The molecule has 4 heterocycles. The zero-order valence-corrected chi connectivity index (χ0v) is 33.4. The van der Waals surface area contributed by atoms with Crippen molar-refractivity contribution in [2.75, 3.05) is 0 Å². The molecule has 0 radical (unpaired) electrons. The molecule has 8 aromatic rings. The Labute approximate surface area is 334 Å². The fraction of sp³-hybridized carbons (Fsp3) is 0.189. The van der Waals surface area contributed by atoms with Crippen LogP contribution in [0.15, 0.2) is 158 Å². The number of amides is 1. The fourth-order valence-electron chi connectivity index (χ4n) is 9.43. The van der Waals surface area contributed by atoms with Crippen molar-refractivity contribution in [2.24, 2.45) is 0 Å². The lowest BCUT2D eigenvalue weighted by molar-refractivity contribution is 0.0937. The summed E-state index contributed by atoms with van der Waals surface area (Å²) in [5.74, 6) is -0.164. The number of nitrogens with zero attached hydrogens (tertiary/aromatic N) is 1. The SMILES string of the molecule is CC(C)(C)c1ccc(C(c2ccc(C(C)(C)C)cc2)c2[nH]c3ccccc3c2-c2c3n(c4ccccc24)C2(C=C3c3ccccc3)NC(=O)c3ccccc32)cc1. The molecule has 1 unspecified atom stereocenters. The summed E-state index contributed by atoms with van der Waals surface area (Å²) >= 11 is 0. The number of aromatic nitrogens is 2. The predicted octanol–water partition coefficient (Wildman–Crippen LogP) is 12.5. The molecule has 1 atom stereocenters. The Morgan fingerprint density at radius 2 is 1.14 bits per heavy atom. The molecule has 57 heavy (non-hydrogen) atoms. The van der Waals surface area contributed by atoms with Gasteiger partial charge in [-0.15, -0.1) is 0 Å². The van der Waals surface area contributed by atoms with Crippen molar-refractivity contribution >= 4 is 33.3 Å². The maximum atomic E-state index is 13.9. The molecule has 0 aliphatic carbocycles. The standard InChI is InChI=1S/C53H47N3O/c1-51(2,3)36-28-24-34(25-29-36)45(35-26-30-37(31-27-35)52(4,5)6)48-46(39-19-11-14-22-43(39)54-48)47-40-20-12-15-23-44(40)56-49(47)41(33-16-8-7-9-17-33)32-53(56)42-21-13-10-18-38(42)50(57)55-53/h7-32,45,54H,1-6H3,(H,55,57).